The maximum Gasteiger partial charge on any atom is 0.251 e. The Kier molecular flexibility index (Phi) is 6.64. The number of hydrogen-bond donors (Lipinski definition) is 2. The zero-order chi connectivity index (χ0) is 20.0. The van der Waals surface area contributed by atoms with Crippen LogP contribution < -0.4 is 14.8 Å². The number of carbonyl (C=O) groups is 1. The number of amides is 1. The van der Waals surface area contributed by atoms with Gasteiger partial charge in [0.05, 0.1) is 11.4 Å². The molecule has 2 aromatic carbocycles. The first-order valence-corrected chi connectivity index (χ1v) is 10.7. The van der Waals surface area contributed by atoms with E-state index in [4.69, 9.17) is 4.74 Å². The molecular formula is C20H23FN2O4S. The second-order valence-corrected chi connectivity index (χ2v) is 8.40. The van der Waals surface area contributed by atoms with Crippen LogP contribution in [-0.4, -0.2) is 33.5 Å². The molecule has 0 unspecified atom stereocenters. The van der Waals surface area contributed by atoms with Gasteiger partial charge in [0, 0.05) is 11.6 Å². The first kappa shape index (κ1) is 20.3. The average Bonchev–Trinajstić information content (AvgIpc) is 3.19. The van der Waals surface area contributed by atoms with E-state index in [2.05, 4.69) is 10.0 Å². The normalized spacial score (nSPS) is 14.8. The lowest BCUT2D eigenvalue weighted by Gasteiger charge is -2.13. The molecule has 0 heterocycles. The lowest BCUT2D eigenvalue weighted by Crippen LogP contribution is -2.33. The lowest BCUT2D eigenvalue weighted by molar-refractivity contribution is 0.0947. The van der Waals surface area contributed by atoms with Crippen molar-refractivity contribution in [1.82, 2.24) is 10.0 Å². The molecule has 0 aliphatic heterocycles. The quantitative estimate of drug-likeness (QED) is 0.661. The molecular weight excluding hydrogens is 383 g/mol. The van der Waals surface area contributed by atoms with E-state index in [-0.39, 0.29) is 41.4 Å². The Hall–Kier alpha value is -2.45. The van der Waals surface area contributed by atoms with Gasteiger partial charge in [-0.15, -0.1) is 0 Å². The van der Waals surface area contributed by atoms with Crippen molar-refractivity contribution in [3.8, 4) is 5.75 Å². The van der Waals surface area contributed by atoms with Crippen molar-refractivity contribution >= 4 is 15.9 Å². The van der Waals surface area contributed by atoms with Crippen LogP contribution in [-0.2, 0) is 10.0 Å². The van der Waals surface area contributed by atoms with Gasteiger partial charge >= 0.3 is 0 Å². The molecule has 28 heavy (non-hydrogen) atoms. The summed E-state index contributed by atoms with van der Waals surface area (Å²) in [7, 11) is -3.65. The van der Waals surface area contributed by atoms with Crippen LogP contribution in [0.5, 0.6) is 5.75 Å². The summed E-state index contributed by atoms with van der Waals surface area (Å²) < 4.78 is 46.0. The number of hydrogen-bond acceptors (Lipinski definition) is 4. The second kappa shape index (κ2) is 9.16. The predicted molar refractivity (Wildman–Crippen MR) is 103 cm³/mol. The van der Waals surface area contributed by atoms with Crippen LogP contribution in [0.25, 0.3) is 0 Å². The summed E-state index contributed by atoms with van der Waals surface area (Å²) in [6, 6.07) is 11.5. The van der Waals surface area contributed by atoms with Gasteiger partial charge in [0.25, 0.3) is 5.91 Å². The maximum absolute atomic E-state index is 12.8. The molecule has 150 valence electrons. The molecule has 1 saturated carbocycles. The summed E-state index contributed by atoms with van der Waals surface area (Å²) in [6.07, 6.45) is 3.73. The Labute approximate surface area is 164 Å². The van der Waals surface area contributed by atoms with Gasteiger partial charge in [-0.25, -0.2) is 17.5 Å². The molecule has 0 bridgehead atoms. The summed E-state index contributed by atoms with van der Waals surface area (Å²) >= 11 is 0. The third kappa shape index (κ3) is 5.53. The highest BCUT2D eigenvalue weighted by molar-refractivity contribution is 7.89. The van der Waals surface area contributed by atoms with E-state index in [1.54, 1.807) is 12.1 Å². The fourth-order valence-corrected chi connectivity index (χ4v) is 4.45. The van der Waals surface area contributed by atoms with Crippen LogP contribution in [0.3, 0.4) is 0 Å². The fourth-order valence-electron chi connectivity index (χ4n) is 3.10. The summed E-state index contributed by atoms with van der Waals surface area (Å²) in [5.74, 6) is -0.236. The Balaban J connectivity index is 1.53. The van der Waals surface area contributed by atoms with Crippen LogP contribution in [0.15, 0.2) is 53.4 Å². The molecule has 1 aliphatic carbocycles. The molecule has 0 aromatic heterocycles. The Morgan fingerprint density at radius 2 is 1.82 bits per heavy atom. The topological polar surface area (TPSA) is 84.5 Å². The van der Waals surface area contributed by atoms with E-state index in [0.29, 0.717) is 5.75 Å². The smallest absolute Gasteiger partial charge is 0.251 e. The third-order valence-corrected chi connectivity index (χ3v) is 6.07. The minimum Gasteiger partial charge on any atom is -0.492 e. The summed E-state index contributed by atoms with van der Waals surface area (Å²) in [6.45, 7) is 0.437. The molecule has 2 N–H and O–H groups in total. The van der Waals surface area contributed by atoms with Crippen LogP contribution in [0, 0.1) is 5.82 Å². The highest BCUT2D eigenvalue weighted by Gasteiger charge is 2.23. The molecule has 8 heteroatoms. The molecule has 2 aromatic rings. The maximum atomic E-state index is 12.8. The van der Waals surface area contributed by atoms with E-state index < -0.39 is 10.0 Å². The van der Waals surface area contributed by atoms with Crippen molar-refractivity contribution in [3.05, 3.63) is 59.9 Å². The largest absolute Gasteiger partial charge is 0.492 e. The van der Waals surface area contributed by atoms with Crippen LogP contribution in [0.4, 0.5) is 4.39 Å². The van der Waals surface area contributed by atoms with Gasteiger partial charge in [-0.2, -0.15) is 0 Å². The molecule has 6 nitrogen and oxygen atoms in total. The number of rotatable bonds is 8. The molecule has 1 amide bonds. The van der Waals surface area contributed by atoms with Gasteiger partial charge in [-0.3, -0.25) is 4.79 Å². The summed E-state index contributed by atoms with van der Waals surface area (Å²) in [4.78, 5) is 12.4. The van der Waals surface area contributed by atoms with Gasteiger partial charge in [0.1, 0.15) is 18.2 Å². The Morgan fingerprint density at radius 1 is 1.11 bits per heavy atom. The second-order valence-electron chi connectivity index (χ2n) is 6.69. The number of carbonyl (C=O) groups excluding carboxylic acids is 1. The molecule has 0 saturated heterocycles. The average molecular weight is 406 g/mol. The fraction of sp³-hybridized carbons (Fsp3) is 0.350. The number of nitrogens with one attached hydrogen (secondary N) is 2. The van der Waals surface area contributed by atoms with Crippen LogP contribution >= 0.6 is 0 Å². The summed E-state index contributed by atoms with van der Waals surface area (Å²) in [5.41, 5.74) is 0.260. The highest BCUT2D eigenvalue weighted by atomic mass is 32.2. The van der Waals surface area contributed by atoms with Gasteiger partial charge < -0.3 is 10.1 Å². The Morgan fingerprint density at radius 3 is 2.54 bits per heavy atom. The van der Waals surface area contributed by atoms with Crippen molar-refractivity contribution in [3.63, 3.8) is 0 Å². The standard InChI is InChI=1S/C20H23FN2O4S/c21-16-8-10-18(11-9-16)27-13-12-22-20(24)15-4-3-7-19(14-15)28(25,26)23-17-5-1-2-6-17/h3-4,7-11,14,17,23H,1-2,5-6,12-13H2,(H,22,24). The molecule has 0 radical (unpaired) electrons. The minimum atomic E-state index is -3.65. The first-order valence-electron chi connectivity index (χ1n) is 9.23. The van der Waals surface area contributed by atoms with E-state index >= 15 is 0 Å². The summed E-state index contributed by atoms with van der Waals surface area (Å²) in [5, 5.41) is 2.68. The molecule has 3 rings (SSSR count). The molecule has 1 aliphatic rings. The van der Waals surface area contributed by atoms with Crippen LogP contribution in [0.1, 0.15) is 36.0 Å². The van der Waals surface area contributed by atoms with Gasteiger partial charge in [0.15, 0.2) is 0 Å². The monoisotopic (exact) mass is 406 g/mol. The van der Waals surface area contributed by atoms with Gasteiger partial charge in [0.2, 0.25) is 10.0 Å². The van der Waals surface area contributed by atoms with Crippen molar-refractivity contribution in [2.45, 2.75) is 36.6 Å². The van der Waals surface area contributed by atoms with Crippen molar-refractivity contribution in [1.29, 1.82) is 0 Å². The number of ether oxygens (including phenoxy) is 1. The molecule has 0 spiro atoms. The predicted octanol–water partition coefficient (Wildman–Crippen LogP) is 2.86. The molecule has 1 fully saturated rings. The first-order chi connectivity index (χ1) is 13.4. The van der Waals surface area contributed by atoms with E-state index in [0.717, 1.165) is 25.7 Å². The van der Waals surface area contributed by atoms with Crippen LogP contribution in [0.2, 0.25) is 0 Å². The number of halogens is 1. The van der Waals surface area contributed by atoms with E-state index in [1.807, 2.05) is 0 Å². The zero-order valence-corrected chi connectivity index (χ0v) is 16.2. The number of sulfonamides is 1. The van der Waals surface area contributed by atoms with Gasteiger partial charge in [-0.1, -0.05) is 18.9 Å². The Bertz CT molecular complexity index is 910. The van der Waals surface area contributed by atoms with Crippen molar-refractivity contribution in [2.24, 2.45) is 0 Å². The van der Waals surface area contributed by atoms with Crippen molar-refractivity contribution in [2.75, 3.05) is 13.2 Å². The zero-order valence-electron chi connectivity index (χ0n) is 15.4. The number of benzene rings is 2. The van der Waals surface area contributed by atoms with E-state index in [9.17, 15) is 17.6 Å². The van der Waals surface area contributed by atoms with E-state index in [1.165, 1.54) is 36.4 Å². The third-order valence-electron chi connectivity index (χ3n) is 4.55. The SMILES string of the molecule is O=C(NCCOc1ccc(F)cc1)c1cccc(S(=O)(=O)NC2CCCC2)c1. The lowest BCUT2D eigenvalue weighted by atomic mass is 10.2. The molecule has 0 atom stereocenters. The minimum absolute atomic E-state index is 0.0360. The highest BCUT2D eigenvalue weighted by Crippen LogP contribution is 2.21. The van der Waals surface area contributed by atoms with Gasteiger partial charge in [-0.05, 0) is 55.3 Å². The van der Waals surface area contributed by atoms with Crippen molar-refractivity contribution < 1.29 is 22.3 Å².